The number of hydrogen-bond acceptors (Lipinski definition) is 5. The molecule has 1 aromatic carbocycles. The Morgan fingerprint density at radius 1 is 1.19 bits per heavy atom. The van der Waals surface area contributed by atoms with Crippen molar-refractivity contribution >= 4 is 17.2 Å². The van der Waals surface area contributed by atoms with Crippen molar-refractivity contribution in [2.75, 3.05) is 6.54 Å². The number of carbonyl (C=O) groups is 1. The van der Waals surface area contributed by atoms with Crippen molar-refractivity contribution in [3.63, 3.8) is 0 Å². The normalized spacial score (nSPS) is 19.1. The van der Waals surface area contributed by atoms with E-state index >= 15 is 0 Å². The number of fused-ring (bicyclic) bond motifs is 1. The van der Waals surface area contributed by atoms with Crippen molar-refractivity contribution < 1.29 is 22.5 Å². The van der Waals surface area contributed by atoms with Crippen LogP contribution in [-0.4, -0.2) is 27.5 Å². The standard InChI is InChI=1S/C22H20F3N3O2S/c23-22(24,25)16-6-3-4-13(8-16)11-28-12-15(10-19(28)29)20-26-21(30-27-20)18-9-14-5-1-2-7-17(14)31-18/h3-4,6,8-9,15H,1-2,5,7,10-12H2. The lowest BCUT2D eigenvalue weighted by molar-refractivity contribution is -0.137. The highest BCUT2D eigenvalue weighted by Crippen LogP contribution is 2.36. The summed E-state index contributed by atoms with van der Waals surface area (Å²) in [5, 5.41) is 4.10. The van der Waals surface area contributed by atoms with Crippen LogP contribution in [-0.2, 0) is 30.4 Å². The summed E-state index contributed by atoms with van der Waals surface area (Å²) in [6.45, 7) is 0.483. The van der Waals surface area contributed by atoms with Crippen LogP contribution in [0.25, 0.3) is 10.8 Å². The van der Waals surface area contributed by atoms with Gasteiger partial charge in [-0.1, -0.05) is 17.3 Å². The molecule has 1 amide bonds. The molecule has 1 saturated heterocycles. The first-order valence-electron chi connectivity index (χ1n) is 10.3. The van der Waals surface area contributed by atoms with Crippen LogP contribution >= 0.6 is 11.3 Å². The molecular weight excluding hydrogens is 427 g/mol. The molecule has 9 heteroatoms. The molecular formula is C22H20F3N3O2S. The fourth-order valence-electron chi connectivity index (χ4n) is 4.26. The maximum absolute atomic E-state index is 13.0. The summed E-state index contributed by atoms with van der Waals surface area (Å²) >= 11 is 1.68. The molecule has 3 heterocycles. The highest BCUT2D eigenvalue weighted by molar-refractivity contribution is 7.15. The molecule has 1 aliphatic carbocycles. The lowest BCUT2D eigenvalue weighted by Crippen LogP contribution is -2.24. The molecule has 0 N–H and O–H groups in total. The second-order valence-corrected chi connectivity index (χ2v) is 9.23. The van der Waals surface area contributed by atoms with Gasteiger partial charge in [-0.2, -0.15) is 18.2 Å². The molecule has 31 heavy (non-hydrogen) atoms. The average molecular weight is 447 g/mol. The maximum atomic E-state index is 13.0. The zero-order valence-corrected chi connectivity index (χ0v) is 17.4. The second kappa shape index (κ2) is 7.78. The molecule has 0 radical (unpaired) electrons. The van der Waals surface area contributed by atoms with Crippen molar-refractivity contribution in [2.45, 2.75) is 50.7 Å². The summed E-state index contributed by atoms with van der Waals surface area (Å²) in [5.74, 6) is 0.588. The number of thiophene rings is 1. The Kier molecular flexibility index (Phi) is 5.08. The van der Waals surface area contributed by atoms with E-state index in [2.05, 4.69) is 16.2 Å². The molecule has 0 saturated carbocycles. The number of alkyl halides is 3. The number of rotatable bonds is 4. The lowest BCUT2D eigenvalue weighted by Gasteiger charge is -2.17. The van der Waals surface area contributed by atoms with E-state index in [0.29, 0.717) is 23.8 Å². The summed E-state index contributed by atoms with van der Waals surface area (Å²) in [7, 11) is 0. The van der Waals surface area contributed by atoms with Gasteiger partial charge in [-0.3, -0.25) is 4.79 Å². The van der Waals surface area contributed by atoms with Crippen LogP contribution in [0.2, 0.25) is 0 Å². The summed E-state index contributed by atoms with van der Waals surface area (Å²) < 4.78 is 44.3. The maximum Gasteiger partial charge on any atom is 0.416 e. The number of likely N-dealkylation sites (tertiary alicyclic amines) is 1. The van der Waals surface area contributed by atoms with Gasteiger partial charge in [-0.05, 0) is 55.0 Å². The molecule has 2 aromatic heterocycles. The van der Waals surface area contributed by atoms with E-state index in [-0.39, 0.29) is 24.8 Å². The summed E-state index contributed by atoms with van der Waals surface area (Å²) in [4.78, 5) is 20.9. The molecule has 3 aromatic rings. The molecule has 1 aliphatic heterocycles. The van der Waals surface area contributed by atoms with Gasteiger partial charge < -0.3 is 9.42 Å². The number of halogens is 3. The van der Waals surface area contributed by atoms with Gasteiger partial charge in [0.15, 0.2) is 5.82 Å². The minimum absolute atomic E-state index is 0.125. The molecule has 1 fully saturated rings. The Hall–Kier alpha value is -2.68. The van der Waals surface area contributed by atoms with Gasteiger partial charge in [-0.25, -0.2) is 0 Å². The number of carbonyl (C=O) groups excluding carboxylic acids is 1. The van der Waals surface area contributed by atoms with E-state index in [1.165, 1.54) is 29.3 Å². The van der Waals surface area contributed by atoms with Gasteiger partial charge in [0.2, 0.25) is 5.91 Å². The van der Waals surface area contributed by atoms with Crippen LogP contribution < -0.4 is 0 Å². The monoisotopic (exact) mass is 447 g/mol. The van der Waals surface area contributed by atoms with Gasteiger partial charge in [0.1, 0.15) is 0 Å². The quantitative estimate of drug-likeness (QED) is 0.551. The van der Waals surface area contributed by atoms with Gasteiger partial charge in [0.25, 0.3) is 5.89 Å². The Bertz CT molecular complexity index is 1100. The minimum Gasteiger partial charge on any atom is -0.338 e. The highest BCUT2D eigenvalue weighted by atomic mass is 32.1. The highest BCUT2D eigenvalue weighted by Gasteiger charge is 2.35. The van der Waals surface area contributed by atoms with Crippen molar-refractivity contribution in [2.24, 2.45) is 0 Å². The molecule has 162 valence electrons. The Balaban J connectivity index is 1.29. The average Bonchev–Trinajstić information content (AvgIpc) is 3.46. The molecule has 0 bridgehead atoms. The van der Waals surface area contributed by atoms with E-state index in [9.17, 15) is 18.0 Å². The topological polar surface area (TPSA) is 59.2 Å². The summed E-state index contributed by atoms with van der Waals surface area (Å²) in [6.07, 6.45) is 0.379. The van der Waals surface area contributed by atoms with Gasteiger partial charge in [0.05, 0.1) is 10.4 Å². The molecule has 1 unspecified atom stereocenters. The third kappa shape index (κ3) is 4.11. The number of amides is 1. The first-order chi connectivity index (χ1) is 14.9. The number of aryl methyl sites for hydroxylation is 2. The Labute approximate surface area is 180 Å². The molecule has 5 rings (SSSR count). The first-order valence-corrected chi connectivity index (χ1v) is 11.1. The predicted molar refractivity (Wildman–Crippen MR) is 108 cm³/mol. The third-order valence-corrected chi connectivity index (χ3v) is 7.08. The Morgan fingerprint density at radius 3 is 2.84 bits per heavy atom. The SMILES string of the molecule is O=C1CC(c2noc(-c3cc4c(s3)CCCC4)n2)CN1Cc1cccc(C(F)(F)F)c1. The Morgan fingerprint density at radius 2 is 2.03 bits per heavy atom. The van der Waals surface area contributed by atoms with Crippen LogP contribution in [0.5, 0.6) is 0 Å². The molecule has 0 spiro atoms. The molecule has 1 atom stereocenters. The lowest BCUT2D eigenvalue weighted by atomic mass is 9.99. The fourth-order valence-corrected chi connectivity index (χ4v) is 5.44. The van der Waals surface area contributed by atoms with E-state index in [1.54, 1.807) is 22.3 Å². The van der Waals surface area contributed by atoms with Crippen LogP contribution in [0.15, 0.2) is 34.9 Å². The molecule has 5 nitrogen and oxygen atoms in total. The van der Waals surface area contributed by atoms with Crippen molar-refractivity contribution in [3.05, 3.63) is 57.7 Å². The zero-order chi connectivity index (χ0) is 21.6. The van der Waals surface area contributed by atoms with Gasteiger partial charge in [-0.15, -0.1) is 11.3 Å². The molecule has 2 aliphatic rings. The van der Waals surface area contributed by atoms with E-state index < -0.39 is 11.7 Å². The van der Waals surface area contributed by atoms with Gasteiger partial charge in [0, 0.05) is 30.3 Å². The summed E-state index contributed by atoms with van der Waals surface area (Å²) in [5.41, 5.74) is 1.09. The second-order valence-electron chi connectivity index (χ2n) is 8.10. The number of aromatic nitrogens is 2. The largest absolute Gasteiger partial charge is 0.416 e. The minimum atomic E-state index is -4.41. The number of nitrogens with zero attached hydrogens (tertiary/aromatic N) is 3. The number of benzene rings is 1. The van der Waals surface area contributed by atoms with E-state index in [1.807, 2.05) is 0 Å². The van der Waals surface area contributed by atoms with Crippen molar-refractivity contribution in [1.82, 2.24) is 15.0 Å². The first kappa shape index (κ1) is 20.2. The smallest absolute Gasteiger partial charge is 0.338 e. The van der Waals surface area contributed by atoms with Crippen LogP contribution in [0.4, 0.5) is 13.2 Å². The summed E-state index contributed by atoms with van der Waals surface area (Å²) in [6, 6.07) is 7.20. The van der Waals surface area contributed by atoms with Crippen molar-refractivity contribution in [3.8, 4) is 10.8 Å². The van der Waals surface area contributed by atoms with Crippen LogP contribution in [0.3, 0.4) is 0 Å². The van der Waals surface area contributed by atoms with Gasteiger partial charge >= 0.3 is 6.18 Å². The predicted octanol–water partition coefficient (Wildman–Crippen LogP) is 5.21. The van der Waals surface area contributed by atoms with Crippen molar-refractivity contribution in [1.29, 1.82) is 0 Å². The van der Waals surface area contributed by atoms with Crippen LogP contribution in [0.1, 0.15) is 52.6 Å². The zero-order valence-electron chi connectivity index (χ0n) is 16.6. The van der Waals surface area contributed by atoms with E-state index in [0.717, 1.165) is 29.9 Å². The van der Waals surface area contributed by atoms with E-state index in [4.69, 9.17) is 4.52 Å². The van der Waals surface area contributed by atoms with Crippen LogP contribution in [0, 0.1) is 0 Å². The number of hydrogen-bond donors (Lipinski definition) is 0. The third-order valence-electron chi connectivity index (χ3n) is 5.86. The fraction of sp³-hybridized carbons (Fsp3) is 0.409.